The molecular formula is C17H18N6O2. The van der Waals surface area contributed by atoms with Gasteiger partial charge in [-0.2, -0.15) is 10.2 Å². The number of amides is 1. The predicted molar refractivity (Wildman–Crippen MR) is 88.9 cm³/mol. The third-order valence-electron chi connectivity index (χ3n) is 4.29. The lowest BCUT2D eigenvalue weighted by molar-refractivity contribution is 0.0736. The van der Waals surface area contributed by atoms with Crippen LogP contribution < -0.4 is 0 Å². The fraction of sp³-hybridized carbons (Fsp3) is 0.353. The molecule has 1 atom stereocenters. The molecule has 4 heterocycles. The van der Waals surface area contributed by atoms with E-state index in [1.165, 1.54) is 12.4 Å². The van der Waals surface area contributed by atoms with E-state index < -0.39 is 0 Å². The molecule has 1 amide bonds. The van der Waals surface area contributed by atoms with Crippen LogP contribution in [-0.2, 0) is 11.2 Å². The van der Waals surface area contributed by atoms with Gasteiger partial charge in [-0.1, -0.05) is 0 Å². The summed E-state index contributed by atoms with van der Waals surface area (Å²) < 4.78 is 7.65. The number of carbonyl (C=O) groups is 1. The molecule has 4 rings (SSSR count). The molecule has 0 radical (unpaired) electrons. The molecule has 0 aromatic carbocycles. The summed E-state index contributed by atoms with van der Waals surface area (Å²) in [4.78, 5) is 23.2. The van der Waals surface area contributed by atoms with Gasteiger partial charge in [0.1, 0.15) is 0 Å². The van der Waals surface area contributed by atoms with E-state index in [1.54, 1.807) is 18.5 Å². The van der Waals surface area contributed by atoms with Gasteiger partial charge in [-0.05, 0) is 12.5 Å². The number of aromatic nitrogens is 5. The largest absolute Gasteiger partial charge is 0.379 e. The topological polar surface area (TPSA) is 85.5 Å². The molecule has 0 aliphatic carbocycles. The van der Waals surface area contributed by atoms with Crippen molar-refractivity contribution in [3.8, 4) is 0 Å². The second kappa shape index (κ2) is 6.94. The Hall–Kier alpha value is -2.87. The van der Waals surface area contributed by atoms with Crippen molar-refractivity contribution in [2.75, 3.05) is 26.3 Å². The molecular weight excluding hydrogens is 320 g/mol. The Morgan fingerprint density at radius 2 is 2.20 bits per heavy atom. The van der Waals surface area contributed by atoms with Crippen LogP contribution in [0, 0.1) is 5.92 Å². The number of ether oxygens (including phenoxy) is 1. The zero-order valence-corrected chi connectivity index (χ0v) is 13.7. The van der Waals surface area contributed by atoms with Gasteiger partial charge in [0, 0.05) is 37.6 Å². The number of hydrogen-bond acceptors (Lipinski definition) is 6. The third-order valence-corrected chi connectivity index (χ3v) is 4.29. The van der Waals surface area contributed by atoms with Gasteiger partial charge in [-0.3, -0.25) is 9.78 Å². The Kier molecular flexibility index (Phi) is 4.34. The van der Waals surface area contributed by atoms with E-state index in [1.807, 2.05) is 21.7 Å². The predicted octanol–water partition coefficient (Wildman–Crippen LogP) is 0.851. The summed E-state index contributed by atoms with van der Waals surface area (Å²) >= 11 is 0. The molecule has 1 fully saturated rings. The summed E-state index contributed by atoms with van der Waals surface area (Å²) in [5.74, 6) is 0.151. The highest BCUT2D eigenvalue weighted by Crippen LogP contribution is 2.15. The van der Waals surface area contributed by atoms with Crippen molar-refractivity contribution < 1.29 is 9.53 Å². The van der Waals surface area contributed by atoms with Crippen molar-refractivity contribution in [1.82, 2.24) is 29.5 Å². The second-order valence-electron chi connectivity index (χ2n) is 6.10. The summed E-state index contributed by atoms with van der Waals surface area (Å²) in [7, 11) is 0. The van der Waals surface area contributed by atoms with Crippen molar-refractivity contribution in [2.24, 2.45) is 5.92 Å². The molecule has 3 aromatic rings. The maximum atomic E-state index is 12.7. The van der Waals surface area contributed by atoms with E-state index in [0.29, 0.717) is 31.9 Å². The summed E-state index contributed by atoms with van der Waals surface area (Å²) in [5, 5.41) is 7.51. The van der Waals surface area contributed by atoms with Crippen LogP contribution in [0.3, 0.4) is 0 Å². The van der Waals surface area contributed by atoms with Crippen molar-refractivity contribution in [3.05, 3.63) is 54.5 Å². The van der Waals surface area contributed by atoms with Crippen molar-refractivity contribution >= 4 is 11.6 Å². The molecule has 1 aliphatic heterocycles. The molecule has 0 N–H and O–H groups in total. The first kappa shape index (κ1) is 15.6. The summed E-state index contributed by atoms with van der Waals surface area (Å²) in [6.45, 7) is 2.35. The minimum absolute atomic E-state index is 0.0385. The molecule has 0 bridgehead atoms. The van der Waals surface area contributed by atoms with Gasteiger partial charge in [0.2, 0.25) is 0 Å². The van der Waals surface area contributed by atoms with Crippen LogP contribution in [-0.4, -0.2) is 61.7 Å². The highest BCUT2D eigenvalue weighted by Gasteiger charge is 2.24. The summed E-state index contributed by atoms with van der Waals surface area (Å²) in [6.07, 6.45) is 11.2. The van der Waals surface area contributed by atoms with Crippen LogP contribution in [0.25, 0.3) is 5.65 Å². The van der Waals surface area contributed by atoms with Crippen LogP contribution in [0.5, 0.6) is 0 Å². The van der Waals surface area contributed by atoms with Crippen molar-refractivity contribution in [2.45, 2.75) is 6.42 Å². The SMILES string of the molecule is O=C(c1ccnnc1)N1CCOCC(Cc2cn3ccnc3cn2)C1. The fourth-order valence-electron chi connectivity index (χ4n) is 3.06. The molecule has 3 aromatic heterocycles. The molecule has 0 saturated carbocycles. The average molecular weight is 338 g/mol. The molecule has 1 saturated heterocycles. The quantitative estimate of drug-likeness (QED) is 0.704. The summed E-state index contributed by atoms with van der Waals surface area (Å²) in [6, 6.07) is 1.69. The minimum atomic E-state index is -0.0385. The highest BCUT2D eigenvalue weighted by atomic mass is 16.5. The van der Waals surface area contributed by atoms with Crippen LogP contribution in [0.2, 0.25) is 0 Å². The van der Waals surface area contributed by atoms with Gasteiger partial charge < -0.3 is 14.0 Å². The molecule has 8 heteroatoms. The number of imidazole rings is 1. The highest BCUT2D eigenvalue weighted by molar-refractivity contribution is 5.93. The number of carbonyl (C=O) groups excluding carboxylic acids is 1. The standard InChI is InChI=1S/C17H18N6O2/c24-17(14-1-2-20-21-8-14)23-5-6-25-12-13(10-23)7-15-11-22-4-3-18-16(22)9-19-15/h1-4,8-9,11,13H,5-7,10,12H2. The van der Waals surface area contributed by atoms with Crippen LogP contribution in [0.15, 0.2) is 43.2 Å². The van der Waals surface area contributed by atoms with Crippen molar-refractivity contribution in [1.29, 1.82) is 0 Å². The lowest BCUT2D eigenvalue weighted by atomic mass is 10.0. The van der Waals surface area contributed by atoms with Gasteiger partial charge in [0.05, 0.1) is 43.1 Å². The Morgan fingerprint density at radius 1 is 1.24 bits per heavy atom. The van der Waals surface area contributed by atoms with E-state index in [4.69, 9.17) is 4.74 Å². The summed E-state index contributed by atoms with van der Waals surface area (Å²) in [5.41, 5.74) is 2.33. The van der Waals surface area contributed by atoms with Gasteiger partial charge in [0.25, 0.3) is 5.91 Å². The Bertz CT molecular complexity index is 866. The zero-order chi connectivity index (χ0) is 17.1. The third kappa shape index (κ3) is 3.48. The Balaban J connectivity index is 1.48. The fourth-order valence-corrected chi connectivity index (χ4v) is 3.06. The van der Waals surface area contributed by atoms with E-state index in [9.17, 15) is 4.79 Å². The first-order valence-corrected chi connectivity index (χ1v) is 8.21. The normalized spacial score (nSPS) is 18.2. The Morgan fingerprint density at radius 3 is 3.08 bits per heavy atom. The van der Waals surface area contributed by atoms with E-state index in [2.05, 4.69) is 20.2 Å². The van der Waals surface area contributed by atoms with Crippen LogP contribution >= 0.6 is 0 Å². The first-order chi connectivity index (χ1) is 12.3. The monoisotopic (exact) mass is 338 g/mol. The van der Waals surface area contributed by atoms with Gasteiger partial charge in [0.15, 0.2) is 5.65 Å². The molecule has 8 nitrogen and oxygen atoms in total. The lowest BCUT2D eigenvalue weighted by Crippen LogP contribution is -2.36. The minimum Gasteiger partial charge on any atom is -0.379 e. The zero-order valence-electron chi connectivity index (χ0n) is 13.7. The first-order valence-electron chi connectivity index (χ1n) is 8.21. The number of fused-ring (bicyclic) bond motifs is 1. The Labute approximate surface area is 144 Å². The second-order valence-corrected chi connectivity index (χ2v) is 6.10. The van der Waals surface area contributed by atoms with Crippen molar-refractivity contribution in [3.63, 3.8) is 0 Å². The lowest BCUT2D eigenvalue weighted by Gasteiger charge is -2.23. The number of nitrogens with zero attached hydrogens (tertiary/aromatic N) is 6. The maximum Gasteiger partial charge on any atom is 0.255 e. The molecule has 25 heavy (non-hydrogen) atoms. The average Bonchev–Trinajstić information content (AvgIpc) is 2.99. The smallest absolute Gasteiger partial charge is 0.255 e. The number of hydrogen-bond donors (Lipinski definition) is 0. The van der Waals surface area contributed by atoms with Crippen LogP contribution in [0.4, 0.5) is 0 Å². The van der Waals surface area contributed by atoms with E-state index in [0.717, 1.165) is 17.8 Å². The van der Waals surface area contributed by atoms with Gasteiger partial charge in [-0.25, -0.2) is 4.98 Å². The molecule has 1 aliphatic rings. The molecule has 0 spiro atoms. The van der Waals surface area contributed by atoms with Crippen LogP contribution in [0.1, 0.15) is 16.1 Å². The van der Waals surface area contributed by atoms with Gasteiger partial charge in [-0.15, -0.1) is 0 Å². The number of rotatable bonds is 3. The van der Waals surface area contributed by atoms with E-state index in [-0.39, 0.29) is 11.8 Å². The molecule has 1 unspecified atom stereocenters. The van der Waals surface area contributed by atoms with Gasteiger partial charge >= 0.3 is 0 Å². The maximum absolute atomic E-state index is 12.7. The molecule has 128 valence electrons. The van der Waals surface area contributed by atoms with E-state index >= 15 is 0 Å².